The van der Waals surface area contributed by atoms with Gasteiger partial charge >= 0.3 is 0 Å². The van der Waals surface area contributed by atoms with Gasteiger partial charge < -0.3 is 4.90 Å². The number of anilines is 3. The predicted molar refractivity (Wildman–Crippen MR) is 253 cm³/mol. The summed E-state index contributed by atoms with van der Waals surface area (Å²) in [7, 11) is 0. The van der Waals surface area contributed by atoms with Crippen molar-refractivity contribution >= 4 is 27.8 Å². The summed E-state index contributed by atoms with van der Waals surface area (Å²) in [5.74, 6) is 0. The molecule has 2 aliphatic carbocycles. The molecule has 10 aromatic rings. The highest BCUT2D eigenvalue weighted by Crippen LogP contribution is 2.66. The van der Waals surface area contributed by atoms with Crippen LogP contribution in [-0.2, 0) is 10.8 Å². The molecule has 0 spiro atoms. The molecule has 2 atom stereocenters. The van der Waals surface area contributed by atoms with Gasteiger partial charge in [0, 0.05) is 11.4 Å². The Balaban J connectivity index is 1.15. The summed E-state index contributed by atoms with van der Waals surface area (Å²) in [6, 6.07) is 92.4. The quantitative estimate of drug-likeness (QED) is 0.156. The number of nitrogens with zero attached hydrogens (tertiary/aromatic N) is 1. The third-order valence-electron chi connectivity index (χ3n) is 13.4. The molecule has 0 fully saturated rings. The van der Waals surface area contributed by atoms with E-state index < -0.39 is 10.8 Å². The molecule has 0 heterocycles. The maximum absolute atomic E-state index is 2.46. The van der Waals surface area contributed by atoms with Gasteiger partial charge in [-0.15, -0.1) is 0 Å². The molecular weight excluding hydrogens is 735 g/mol. The average molecular weight is 776 g/mol. The van der Waals surface area contributed by atoms with Crippen LogP contribution in [0.5, 0.6) is 0 Å². The van der Waals surface area contributed by atoms with Crippen LogP contribution in [0.4, 0.5) is 17.1 Å². The Kier molecular flexibility index (Phi) is 8.05. The lowest BCUT2D eigenvalue weighted by Gasteiger charge is -2.50. The van der Waals surface area contributed by atoms with Crippen molar-refractivity contribution in [3.05, 3.63) is 293 Å². The highest BCUT2D eigenvalue weighted by molar-refractivity contribution is 5.93. The molecule has 10 aromatic carbocycles. The highest BCUT2D eigenvalue weighted by Gasteiger charge is 2.58. The van der Waals surface area contributed by atoms with Crippen molar-refractivity contribution in [3.8, 4) is 22.3 Å². The number of hydrogen-bond acceptors (Lipinski definition) is 1. The molecule has 0 aliphatic heterocycles. The molecule has 0 radical (unpaired) electrons. The van der Waals surface area contributed by atoms with Crippen LogP contribution >= 0.6 is 0 Å². The molecule has 61 heavy (non-hydrogen) atoms. The van der Waals surface area contributed by atoms with E-state index in [1.807, 2.05) is 0 Å². The Labute approximate surface area is 357 Å². The van der Waals surface area contributed by atoms with E-state index >= 15 is 0 Å². The summed E-state index contributed by atoms with van der Waals surface area (Å²) in [6.45, 7) is 0. The topological polar surface area (TPSA) is 3.24 Å². The number of hydrogen-bond donors (Lipinski definition) is 0. The molecule has 0 bridgehead atoms. The van der Waals surface area contributed by atoms with E-state index in [-0.39, 0.29) is 0 Å². The van der Waals surface area contributed by atoms with Crippen molar-refractivity contribution in [2.45, 2.75) is 10.8 Å². The van der Waals surface area contributed by atoms with E-state index in [1.165, 1.54) is 77.5 Å². The lowest BCUT2D eigenvalue weighted by Crippen LogP contribution is -2.44. The minimum absolute atomic E-state index is 0.509. The fraction of sp³-hybridized carbons (Fsp3) is 0.0333. The maximum Gasteiger partial charge on any atom is 0.0728 e. The molecule has 1 heteroatoms. The Morgan fingerprint density at radius 3 is 1.49 bits per heavy atom. The lowest BCUT2D eigenvalue weighted by atomic mass is 9.51. The Morgan fingerprint density at radius 1 is 0.279 bits per heavy atom. The molecule has 1 nitrogen and oxygen atoms in total. The van der Waals surface area contributed by atoms with Crippen LogP contribution in [0, 0.1) is 0 Å². The first-order chi connectivity index (χ1) is 30.3. The second-order valence-corrected chi connectivity index (χ2v) is 16.3. The summed E-state index contributed by atoms with van der Waals surface area (Å²) in [6.07, 6.45) is 0. The summed E-state index contributed by atoms with van der Waals surface area (Å²) in [5.41, 5.74) is 17.5. The maximum atomic E-state index is 2.46. The number of para-hydroxylation sites is 2. The Bertz CT molecular complexity index is 3240. The fourth-order valence-electron chi connectivity index (χ4n) is 11.0. The van der Waals surface area contributed by atoms with E-state index in [0.29, 0.717) is 0 Å². The first-order valence-electron chi connectivity index (χ1n) is 21.3. The number of benzene rings is 10. The zero-order valence-electron chi connectivity index (χ0n) is 33.6. The van der Waals surface area contributed by atoms with Crippen molar-refractivity contribution < 1.29 is 0 Å². The van der Waals surface area contributed by atoms with E-state index in [1.54, 1.807) is 0 Å². The van der Waals surface area contributed by atoms with Gasteiger partial charge in [-0.3, -0.25) is 0 Å². The van der Waals surface area contributed by atoms with Crippen LogP contribution in [0.1, 0.15) is 44.5 Å². The smallest absolute Gasteiger partial charge is 0.0728 e. The zero-order chi connectivity index (χ0) is 40.4. The van der Waals surface area contributed by atoms with Crippen molar-refractivity contribution in [3.63, 3.8) is 0 Å². The molecule has 0 amide bonds. The van der Waals surface area contributed by atoms with Gasteiger partial charge in [0.1, 0.15) is 0 Å². The summed E-state index contributed by atoms with van der Waals surface area (Å²) in [4.78, 5) is 2.46. The van der Waals surface area contributed by atoms with Crippen molar-refractivity contribution in [1.29, 1.82) is 0 Å². The van der Waals surface area contributed by atoms with Gasteiger partial charge in [-0.1, -0.05) is 212 Å². The summed E-state index contributed by atoms with van der Waals surface area (Å²) >= 11 is 0. The fourth-order valence-corrected chi connectivity index (χ4v) is 11.0. The van der Waals surface area contributed by atoms with E-state index in [9.17, 15) is 0 Å². The Hall–Kier alpha value is -7.74. The second kappa shape index (κ2) is 13.9. The van der Waals surface area contributed by atoms with Crippen LogP contribution in [0.25, 0.3) is 33.0 Å². The third-order valence-corrected chi connectivity index (χ3v) is 13.4. The minimum atomic E-state index is -0.696. The van der Waals surface area contributed by atoms with Gasteiger partial charge in [0.05, 0.1) is 16.5 Å². The number of rotatable bonds is 7. The van der Waals surface area contributed by atoms with Gasteiger partial charge in [0.2, 0.25) is 0 Å². The molecule has 0 saturated heterocycles. The first-order valence-corrected chi connectivity index (χ1v) is 21.3. The molecule has 2 unspecified atom stereocenters. The first kappa shape index (κ1) is 35.2. The van der Waals surface area contributed by atoms with Gasteiger partial charge in [0.25, 0.3) is 0 Å². The van der Waals surface area contributed by atoms with Crippen LogP contribution in [0.15, 0.2) is 249 Å². The van der Waals surface area contributed by atoms with Crippen molar-refractivity contribution in [2.24, 2.45) is 0 Å². The third kappa shape index (κ3) is 5.08. The van der Waals surface area contributed by atoms with E-state index in [2.05, 4.69) is 254 Å². The molecule has 12 rings (SSSR count). The minimum Gasteiger partial charge on any atom is -0.310 e. The summed E-state index contributed by atoms with van der Waals surface area (Å²) in [5, 5.41) is 2.50. The van der Waals surface area contributed by atoms with Crippen molar-refractivity contribution in [2.75, 3.05) is 4.90 Å². The number of fused-ring (bicyclic) bond motifs is 6. The summed E-state index contributed by atoms with van der Waals surface area (Å²) < 4.78 is 0. The normalized spacial score (nSPS) is 17.0. The SMILES string of the molecule is c1ccc(N(c2ccc(-c3ccc4ccccc4c3)cc2)c2ccccc2C2(c3ccccc3)c3ccccc3C3(c4ccccc4)c4ccccc4-c4cccc2c43)cc1. The van der Waals surface area contributed by atoms with Crippen LogP contribution in [0.3, 0.4) is 0 Å². The standard InChI is InChI=1S/C60H41N/c1-4-21-46(22-5-1)59(53-30-14-15-31-54(53)60(47-23-6-2-7-24-47)52-29-13-12-27-50(52)51-28-18-33-56(59)58(51)60)55-32-16-17-34-57(55)61(48-25-8-3-9-26-48)49-39-37-43(38-40-49)45-36-35-42-19-10-11-20-44(42)41-45/h1-41H. The Morgan fingerprint density at radius 2 is 0.770 bits per heavy atom. The second-order valence-electron chi connectivity index (χ2n) is 16.3. The van der Waals surface area contributed by atoms with Gasteiger partial charge in [-0.2, -0.15) is 0 Å². The highest BCUT2D eigenvalue weighted by atomic mass is 15.1. The molecule has 0 saturated carbocycles. The van der Waals surface area contributed by atoms with Gasteiger partial charge in [0.15, 0.2) is 0 Å². The average Bonchev–Trinajstić information content (AvgIpc) is 3.65. The largest absolute Gasteiger partial charge is 0.310 e. The van der Waals surface area contributed by atoms with Crippen LogP contribution in [-0.4, -0.2) is 0 Å². The predicted octanol–water partition coefficient (Wildman–Crippen LogP) is 15.0. The van der Waals surface area contributed by atoms with Crippen LogP contribution < -0.4 is 4.90 Å². The monoisotopic (exact) mass is 775 g/mol. The van der Waals surface area contributed by atoms with Crippen molar-refractivity contribution in [1.82, 2.24) is 0 Å². The zero-order valence-corrected chi connectivity index (χ0v) is 33.6. The molecular formula is C60H41N. The van der Waals surface area contributed by atoms with Crippen LogP contribution in [0.2, 0.25) is 0 Å². The molecule has 286 valence electrons. The lowest BCUT2D eigenvalue weighted by molar-refractivity contribution is 0.627. The molecule has 0 aromatic heterocycles. The van der Waals surface area contributed by atoms with Gasteiger partial charge in [-0.25, -0.2) is 0 Å². The molecule has 0 N–H and O–H groups in total. The molecule has 2 aliphatic rings. The van der Waals surface area contributed by atoms with Gasteiger partial charge in [-0.05, 0) is 114 Å². The van der Waals surface area contributed by atoms with E-state index in [0.717, 1.165) is 17.1 Å². The van der Waals surface area contributed by atoms with E-state index in [4.69, 9.17) is 0 Å².